The minimum Gasteiger partial charge on any atom is -0.0683 e. The Kier molecular flexibility index (Phi) is 38.3. The molecule has 80 heavy (non-hydrogen) atoms. The lowest BCUT2D eigenvalue weighted by Gasteiger charge is -2.24. The van der Waals surface area contributed by atoms with Crippen molar-refractivity contribution in [2.24, 2.45) is 0 Å². The third kappa shape index (κ3) is 30.9. The molecule has 6 aromatic rings. The van der Waals surface area contributed by atoms with Crippen molar-refractivity contribution in [3.8, 4) is 22.3 Å². The van der Waals surface area contributed by atoms with Gasteiger partial charge in [0.1, 0.15) is 0 Å². The van der Waals surface area contributed by atoms with Gasteiger partial charge in [0.15, 0.2) is 0 Å². The maximum Gasteiger partial charge on any atom is -0.0132 e. The minimum absolute atomic E-state index is 0.196. The molecule has 0 aliphatic carbocycles. The van der Waals surface area contributed by atoms with E-state index in [0.717, 1.165) is 0 Å². The fourth-order valence-corrected chi connectivity index (χ4v) is 7.58. The van der Waals surface area contributed by atoms with Crippen LogP contribution in [0.5, 0.6) is 0 Å². The van der Waals surface area contributed by atoms with Crippen molar-refractivity contribution in [1.82, 2.24) is 0 Å². The van der Waals surface area contributed by atoms with Gasteiger partial charge in [-0.05, 0) is 110 Å². The Morgan fingerprint density at radius 2 is 0.300 bits per heavy atom. The second kappa shape index (κ2) is 37.4. The molecule has 0 bridgehead atoms. The Hall–Kier alpha value is -4.68. The second-order valence-corrected chi connectivity index (χ2v) is 27.5. The molecule has 452 valence electrons. The Morgan fingerprint density at radius 3 is 0.487 bits per heavy atom. The van der Waals surface area contributed by atoms with Crippen molar-refractivity contribution >= 4 is 0 Å². The van der Waals surface area contributed by atoms with Crippen LogP contribution in [-0.4, -0.2) is 0 Å². The van der Waals surface area contributed by atoms with Gasteiger partial charge in [-0.3, -0.25) is 0 Å². The van der Waals surface area contributed by atoms with E-state index in [4.69, 9.17) is 0 Å². The van der Waals surface area contributed by atoms with E-state index in [1.165, 1.54) is 66.8 Å². The molecule has 6 aromatic carbocycles. The zero-order chi connectivity index (χ0) is 63.9. The van der Waals surface area contributed by atoms with E-state index >= 15 is 0 Å². The molecule has 0 aliphatic rings. The second-order valence-electron chi connectivity index (χ2n) is 27.5. The maximum absolute atomic E-state index is 2.33. The summed E-state index contributed by atoms with van der Waals surface area (Å²) in [6, 6.07) is 53.7. The Morgan fingerprint density at radius 1 is 0.150 bits per heavy atom. The van der Waals surface area contributed by atoms with Crippen molar-refractivity contribution in [2.45, 2.75) is 293 Å². The van der Waals surface area contributed by atoms with Gasteiger partial charge in [0.25, 0.3) is 0 Å². The van der Waals surface area contributed by atoms with Crippen molar-refractivity contribution < 1.29 is 0 Å². The first kappa shape index (κ1) is 81.8. The third-order valence-electron chi connectivity index (χ3n) is 12.9. The SMILES string of the molecule is CC.CC.CC.CC.CC.CC.CC(C)(C)c1ccc(-c2ccc(C(C)(C)C)cc2)cc1.CC(C)(C)c1ccc(-c2cccc(C(C)(C)C)c2)cc1.CC(C)(C)c1ccc(C(C)(C)C)cc1.CC(C)(C)c1cccc(C(C)(C)C)c1. The topological polar surface area (TPSA) is 0 Å². The highest BCUT2D eigenvalue weighted by molar-refractivity contribution is 5.66. The fourth-order valence-electron chi connectivity index (χ4n) is 7.58. The molecule has 0 amide bonds. The molecule has 0 radical (unpaired) electrons. The zero-order valence-electron chi connectivity index (χ0n) is 59.9. The normalized spacial score (nSPS) is 11.2. The number of benzene rings is 6. The molecule has 0 saturated heterocycles. The van der Waals surface area contributed by atoms with Crippen LogP contribution in [-0.2, 0) is 43.3 Å². The quantitative estimate of drug-likeness (QED) is 0.162. The number of hydrogen-bond donors (Lipinski definition) is 0. The van der Waals surface area contributed by atoms with Crippen LogP contribution in [0.1, 0.15) is 294 Å². The molecule has 0 atom stereocenters. The van der Waals surface area contributed by atoms with Crippen LogP contribution in [0, 0.1) is 0 Å². The van der Waals surface area contributed by atoms with E-state index in [9.17, 15) is 0 Å². The summed E-state index contributed by atoms with van der Waals surface area (Å²) >= 11 is 0. The zero-order valence-corrected chi connectivity index (χ0v) is 59.9. The van der Waals surface area contributed by atoms with Gasteiger partial charge in [0.05, 0.1) is 0 Å². The summed E-state index contributed by atoms with van der Waals surface area (Å²) in [5, 5.41) is 0. The highest BCUT2D eigenvalue weighted by atomic mass is 14.3. The van der Waals surface area contributed by atoms with Gasteiger partial charge in [0, 0.05) is 0 Å². The summed E-state index contributed by atoms with van der Waals surface area (Å²) in [6.45, 7) is 78.1. The molecule has 0 heterocycles. The fraction of sp³-hybridized carbons (Fsp3) is 0.550. The predicted octanol–water partition coefficient (Wildman–Crippen LogP) is 26.6. The van der Waals surface area contributed by atoms with E-state index in [-0.39, 0.29) is 43.3 Å². The van der Waals surface area contributed by atoms with Crippen LogP contribution >= 0.6 is 0 Å². The largest absolute Gasteiger partial charge is 0.0683 e. The van der Waals surface area contributed by atoms with Gasteiger partial charge in [0.2, 0.25) is 0 Å². The molecule has 0 unspecified atom stereocenters. The van der Waals surface area contributed by atoms with Gasteiger partial charge >= 0.3 is 0 Å². The molecule has 0 spiro atoms. The van der Waals surface area contributed by atoms with Crippen molar-refractivity contribution in [3.63, 3.8) is 0 Å². The van der Waals surface area contributed by atoms with Gasteiger partial charge in [-0.2, -0.15) is 0 Å². The molecule has 0 aromatic heterocycles. The molecule has 0 aliphatic heterocycles. The summed E-state index contributed by atoms with van der Waals surface area (Å²) in [6.07, 6.45) is 0. The van der Waals surface area contributed by atoms with Crippen LogP contribution in [0.4, 0.5) is 0 Å². The first-order chi connectivity index (χ1) is 36.8. The van der Waals surface area contributed by atoms with Gasteiger partial charge in [-0.25, -0.2) is 0 Å². The van der Waals surface area contributed by atoms with Crippen molar-refractivity contribution in [1.29, 1.82) is 0 Å². The average Bonchev–Trinajstić information content (AvgIpc) is 3.41. The summed E-state index contributed by atoms with van der Waals surface area (Å²) in [7, 11) is 0. The van der Waals surface area contributed by atoms with E-state index in [1.54, 1.807) is 0 Å². The highest BCUT2D eigenvalue weighted by Gasteiger charge is 2.20. The van der Waals surface area contributed by atoms with Gasteiger partial charge < -0.3 is 0 Å². The monoisotopic (exact) mass is 1090 g/mol. The van der Waals surface area contributed by atoms with Gasteiger partial charge in [-0.15, -0.1) is 0 Å². The first-order valence-electron chi connectivity index (χ1n) is 31.4. The smallest absolute Gasteiger partial charge is 0.0132 e. The summed E-state index contributed by atoms with van der Waals surface area (Å²) < 4.78 is 0. The van der Waals surface area contributed by atoms with Crippen LogP contribution in [0.3, 0.4) is 0 Å². The van der Waals surface area contributed by atoms with Crippen molar-refractivity contribution in [3.05, 3.63) is 190 Å². The average molecular weight is 1090 g/mol. The molecule has 6 rings (SSSR count). The molecule has 0 N–H and O–H groups in total. The van der Waals surface area contributed by atoms with E-state index < -0.39 is 0 Å². The lowest BCUT2D eigenvalue weighted by molar-refractivity contribution is 0.568. The van der Waals surface area contributed by atoms with Gasteiger partial charge in [-0.1, -0.05) is 395 Å². The molecule has 0 saturated carbocycles. The molecule has 0 heteroatoms. The summed E-state index contributed by atoms with van der Waals surface area (Å²) in [5.74, 6) is 0. The van der Waals surface area contributed by atoms with E-state index in [2.05, 4.69) is 312 Å². The number of hydrogen-bond acceptors (Lipinski definition) is 0. The highest BCUT2D eigenvalue weighted by Crippen LogP contribution is 2.33. The summed E-state index contributed by atoms with van der Waals surface area (Å²) in [5.41, 5.74) is 18.2. The molecular formula is C80H132. The van der Waals surface area contributed by atoms with Crippen LogP contribution in [0.2, 0.25) is 0 Å². The van der Waals surface area contributed by atoms with E-state index in [1.807, 2.05) is 83.1 Å². The standard InChI is InChI=1S/2C20H26.2C14H22.6C2H6/c1-19(2,3)17-11-7-15(8-12-17)16-9-13-18(14-10-16)20(4,5)6;1-19(2,3)17-12-10-15(11-13-17)16-8-7-9-18(14-16)20(4,5)6;1-13(2,3)11-7-9-12(10-8-11)14(4,5)6;1-13(2,3)11-8-7-9-12(10-11)14(4,5)6;6*1-2/h2*7-14H,1-6H3;2*7-10H,1-6H3;6*1-2H3. The Bertz CT molecular complexity index is 2310. The minimum atomic E-state index is 0.196. The van der Waals surface area contributed by atoms with Crippen molar-refractivity contribution in [2.75, 3.05) is 0 Å². The Labute approximate surface area is 502 Å². The maximum atomic E-state index is 2.33. The Balaban J connectivity index is -0.000000456. The van der Waals surface area contributed by atoms with Crippen LogP contribution < -0.4 is 0 Å². The van der Waals surface area contributed by atoms with Crippen LogP contribution in [0.15, 0.2) is 146 Å². The third-order valence-corrected chi connectivity index (χ3v) is 12.9. The molecule has 0 nitrogen and oxygen atoms in total. The number of rotatable bonds is 2. The lowest BCUT2D eigenvalue weighted by Crippen LogP contribution is -2.15. The molecular weight excluding hydrogens is 961 g/mol. The summed E-state index contributed by atoms with van der Waals surface area (Å²) in [4.78, 5) is 0. The first-order valence-corrected chi connectivity index (χ1v) is 31.4. The van der Waals surface area contributed by atoms with E-state index in [0.29, 0.717) is 0 Å². The van der Waals surface area contributed by atoms with Crippen LogP contribution in [0.25, 0.3) is 22.3 Å². The predicted molar refractivity (Wildman–Crippen MR) is 374 cm³/mol. The lowest BCUT2D eigenvalue weighted by atomic mass is 9.81. The molecule has 0 fully saturated rings.